The zero-order valence-electron chi connectivity index (χ0n) is 23.0. The molecule has 1 aromatic carbocycles. The number of esters is 2. The van der Waals surface area contributed by atoms with Crippen LogP contribution >= 0.6 is 0 Å². The highest BCUT2D eigenvalue weighted by atomic mass is 16.7. The normalized spacial score (nSPS) is 40.0. The smallest absolute Gasteiger partial charge is 0.334 e. The lowest BCUT2D eigenvalue weighted by Gasteiger charge is -2.41. The quantitative estimate of drug-likeness (QED) is 0.118. The van der Waals surface area contributed by atoms with Crippen LogP contribution < -0.4 is 0 Å². The van der Waals surface area contributed by atoms with E-state index in [0.717, 1.165) is 6.08 Å². The van der Waals surface area contributed by atoms with Crippen molar-refractivity contribution in [1.29, 1.82) is 0 Å². The van der Waals surface area contributed by atoms with Gasteiger partial charge in [-0.15, -0.1) is 0 Å². The maximum absolute atomic E-state index is 12.3. The molecule has 0 radical (unpaired) electrons. The number of aliphatic hydroxyl groups is 4. The molecule has 2 aliphatic carbocycles. The lowest BCUT2D eigenvalue weighted by Crippen LogP contribution is -2.60. The lowest BCUT2D eigenvalue weighted by atomic mass is 9.78. The van der Waals surface area contributed by atoms with E-state index in [9.17, 15) is 40.2 Å². The molecule has 2 saturated heterocycles. The van der Waals surface area contributed by atoms with Crippen molar-refractivity contribution in [1.82, 2.24) is 0 Å². The minimum absolute atomic E-state index is 0.268. The van der Waals surface area contributed by atoms with Crippen molar-refractivity contribution in [3.63, 3.8) is 0 Å². The van der Waals surface area contributed by atoms with Gasteiger partial charge in [-0.2, -0.15) is 0 Å². The summed E-state index contributed by atoms with van der Waals surface area (Å²) >= 11 is 0. The van der Waals surface area contributed by atoms with Gasteiger partial charge in [-0.3, -0.25) is 0 Å². The fourth-order valence-corrected chi connectivity index (χ4v) is 6.50. The molecule has 6 N–H and O–H groups in total. The monoisotopic (exact) mass is 588 g/mol. The van der Waals surface area contributed by atoms with Crippen LogP contribution in [0.4, 0.5) is 0 Å². The van der Waals surface area contributed by atoms with Gasteiger partial charge in [-0.25, -0.2) is 9.59 Å². The Balaban J connectivity index is 1.24. The van der Waals surface area contributed by atoms with Crippen molar-refractivity contribution in [3.05, 3.63) is 54.1 Å². The SMILES string of the molecule is C=C1[C@@H]2[C@H]3OC(=O)C(=C)[C@@H]3CC[C@@](C)(O)[C@@H]2C[C@@H]1O[C@@H]1O[C@H](COC(=O)C=Cc2ccc(O)c(O)c2)[C@@H](O)[C@H](O)[C@H]1O. The predicted octanol–water partition coefficient (Wildman–Crippen LogP) is 0.682. The number of rotatable bonds is 6. The van der Waals surface area contributed by atoms with Gasteiger partial charge < -0.3 is 49.6 Å². The first-order valence-electron chi connectivity index (χ1n) is 13.8. The van der Waals surface area contributed by atoms with Crippen molar-refractivity contribution in [2.45, 2.75) is 74.7 Å². The first-order valence-corrected chi connectivity index (χ1v) is 13.8. The fraction of sp³-hybridized carbons (Fsp3) is 0.533. The zero-order valence-corrected chi connectivity index (χ0v) is 23.0. The highest BCUT2D eigenvalue weighted by Crippen LogP contribution is 2.54. The first-order chi connectivity index (χ1) is 19.8. The Morgan fingerprint density at radius 1 is 1.14 bits per heavy atom. The standard InChI is InChI=1S/C30H36O12/c1-13-16-8-9-30(3,38)17-11-20(14(2)23(17)27(16)42-28(13)37)40-29-26(36)25(35)24(34)21(41-29)12-39-22(33)7-5-15-4-6-18(31)19(32)10-15/h4-7,10,16-17,20-21,23-27,29,31-32,34-36,38H,1-2,8-9,11-12H2,3H3/t16-,17+,20-,21+,23-,24+,25-,26+,27-,29+,30+/m0/s1. The molecule has 0 spiro atoms. The maximum Gasteiger partial charge on any atom is 0.334 e. The molecular formula is C30H36O12. The summed E-state index contributed by atoms with van der Waals surface area (Å²) in [5.41, 5.74) is 0.209. The summed E-state index contributed by atoms with van der Waals surface area (Å²) in [5, 5.41) is 61.9. The topological polar surface area (TPSA) is 192 Å². The van der Waals surface area contributed by atoms with Crippen molar-refractivity contribution in [2.75, 3.05) is 6.61 Å². The molecular weight excluding hydrogens is 552 g/mol. The van der Waals surface area contributed by atoms with Gasteiger partial charge in [0.2, 0.25) is 0 Å². The number of phenols is 2. The Bertz CT molecular complexity index is 1290. The van der Waals surface area contributed by atoms with E-state index in [0.29, 0.717) is 29.6 Å². The summed E-state index contributed by atoms with van der Waals surface area (Å²) in [4.78, 5) is 24.6. The molecule has 4 fully saturated rings. The van der Waals surface area contributed by atoms with Gasteiger partial charge in [-0.1, -0.05) is 19.2 Å². The molecule has 2 saturated carbocycles. The first kappa shape index (κ1) is 30.2. The van der Waals surface area contributed by atoms with Crippen molar-refractivity contribution in [3.8, 4) is 11.5 Å². The maximum atomic E-state index is 12.3. The molecule has 4 aliphatic rings. The third-order valence-corrected chi connectivity index (χ3v) is 8.98. The van der Waals surface area contributed by atoms with Gasteiger partial charge in [0.05, 0.1) is 11.7 Å². The van der Waals surface area contributed by atoms with Crippen molar-refractivity contribution in [2.24, 2.45) is 17.8 Å². The molecule has 0 aromatic heterocycles. The van der Waals surface area contributed by atoms with Gasteiger partial charge >= 0.3 is 11.9 Å². The van der Waals surface area contributed by atoms with Gasteiger partial charge in [0, 0.05) is 29.4 Å². The number of benzene rings is 1. The van der Waals surface area contributed by atoms with Gasteiger partial charge in [0.15, 0.2) is 17.8 Å². The number of hydrogen-bond acceptors (Lipinski definition) is 12. The molecule has 5 rings (SSSR count). The lowest BCUT2D eigenvalue weighted by molar-refractivity contribution is -0.308. The number of phenolic OH excluding ortho intramolecular Hbond substituents is 2. The second-order valence-electron chi connectivity index (χ2n) is 11.7. The Morgan fingerprint density at radius 3 is 2.60 bits per heavy atom. The van der Waals surface area contributed by atoms with Crippen LogP contribution in [-0.2, 0) is 28.5 Å². The number of aromatic hydroxyl groups is 2. The molecule has 0 unspecified atom stereocenters. The zero-order chi connectivity index (χ0) is 30.5. The Labute approximate surface area is 242 Å². The molecule has 12 heteroatoms. The summed E-state index contributed by atoms with van der Waals surface area (Å²) in [5.74, 6) is -3.04. The van der Waals surface area contributed by atoms with Crippen LogP contribution in [0.1, 0.15) is 31.7 Å². The molecule has 228 valence electrons. The number of carbonyl (C=O) groups is 2. The van der Waals surface area contributed by atoms with E-state index < -0.39 is 73.0 Å². The Morgan fingerprint density at radius 2 is 1.88 bits per heavy atom. The van der Waals surface area contributed by atoms with Crippen LogP contribution in [0.25, 0.3) is 6.08 Å². The van der Waals surface area contributed by atoms with Crippen molar-refractivity contribution >= 4 is 18.0 Å². The molecule has 2 aliphatic heterocycles. The largest absolute Gasteiger partial charge is 0.504 e. The van der Waals surface area contributed by atoms with Crippen molar-refractivity contribution < 1.29 is 59.2 Å². The second kappa shape index (κ2) is 11.4. The average Bonchev–Trinajstić information content (AvgIpc) is 3.38. The van der Waals surface area contributed by atoms with E-state index in [1.807, 2.05) is 0 Å². The van der Waals surface area contributed by atoms with Crippen LogP contribution in [0.15, 0.2) is 48.6 Å². The van der Waals surface area contributed by atoms with Gasteiger partial charge in [-0.05, 0) is 55.5 Å². The molecule has 0 bridgehead atoms. The van der Waals surface area contributed by atoms with Gasteiger partial charge in [0.1, 0.15) is 37.1 Å². The van der Waals surface area contributed by atoms with E-state index in [1.54, 1.807) is 6.92 Å². The molecule has 2 heterocycles. The molecule has 11 atom stereocenters. The summed E-state index contributed by atoms with van der Waals surface area (Å²) in [6.45, 7) is 9.30. The highest BCUT2D eigenvalue weighted by molar-refractivity contribution is 5.91. The number of ether oxygens (including phenoxy) is 4. The van der Waals surface area contributed by atoms with E-state index >= 15 is 0 Å². The van der Waals surface area contributed by atoms with E-state index in [4.69, 9.17) is 18.9 Å². The van der Waals surface area contributed by atoms with Crippen LogP contribution in [0.3, 0.4) is 0 Å². The van der Waals surface area contributed by atoms with Crippen LogP contribution in [0, 0.1) is 17.8 Å². The van der Waals surface area contributed by atoms with Crippen LogP contribution in [0.5, 0.6) is 11.5 Å². The third-order valence-electron chi connectivity index (χ3n) is 8.98. The molecule has 0 amide bonds. The van der Waals surface area contributed by atoms with Gasteiger partial charge in [0.25, 0.3) is 0 Å². The number of aliphatic hydroxyl groups excluding tert-OH is 3. The Kier molecular flexibility index (Phi) is 8.23. The fourth-order valence-electron chi connectivity index (χ4n) is 6.50. The highest BCUT2D eigenvalue weighted by Gasteiger charge is 2.58. The van der Waals surface area contributed by atoms with Crippen LogP contribution in [-0.4, -0.2) is 97.7 Å². The van der Waals surface area contributed by atoms with E-state index in [-0.39, 0.29) is 29.8 Å². The van der Waals surface area contributed by atoms with E-state index in [2.05, 4.69) is 13.2 Å². The summed E-state index contributed by atoms with van der Waals surface area (Å²) < 4.78 is 22.6. The van der Waals surface area contributed by atoms with Crippen LogP contribution in [0.2, 0.25) is 0 Å². The molecule has 12 nitrogen and oxygen atoms in total. The number of carbonyl (C=O) groups excluding carboxylic acids is 2. The molecule has 1 aromatic rings. The third kappa shape index (κ3) is 5.58. The summed E-state index contributed by atoms with van der Waals surface area (Å²) in [6, 6.07) is 3.97. The second-order valence-corrected chi connectivity index (χ2v) is 11.7. The number of fused-ring (bicyclic) bond motifs is 3. The van der Waals surface area contributed by atoms with E-state index in [1.165, 1.54) is 24.3 Å². The Hall–Kier alpha value is -3.26. The summed E-state index contributed by atoms with van der Waals surface area (Å²) in [7, 11) is 0. The average molecular weight is 589 g/mol. The predicted molar refractivity (Wildman–Crippen MR) is 144 cm³/mol. The number of hydrogen-bond donors (Lipinski definition) is 6. The minimum Gasteiger partial charge on any atom is -0.504 e. The minimum atomic E-state index is -1.69. The molecule has 42 heavy (non-hydrogen) atoms. The summed E-state index contributed by atoms with van der Waals surface area (Å²) in [6.07, 6.45) is -5.29.